The number of aryl methyl sites for hydroxylation is 1. The molecule has 0 aliphatic rings. The second-order valence-electron chi connectivity index (χ2n) is 4.48. The summed E-state index contributed by atoms with van der Waals surface area (Å²) in [6.45, 7) is 2.35. The maximum absolute atomic E-state index is 12.2. The Morgan fingerprint density at radius 2 is 2.19 bits per heavy atom. The Balaban J connectivity index is 2.16. The first-order valence-electron chi connectivity index (χ1n) is 6.77. The van der Waals surface area contributed by atoms with Crippen LogP contribution in [-0.2, 0) is 6.42 Å². The number of rotatable bonds is 3. The zero-order chi connectivity index (χ0) is 15.1. The van der Waals surface area contributed by atoms with E-state index in [2.05, 4.69) is 29.1 Å². The summed E-state index contributed by atoms with van der Waals surface area (Å²) in [5.41, 5.74) is 8.43. The van der Waals surface area contributed by atoms with E-state index in [4.69, 9.17) is 5.73 Å². The Morgan fingerprint density at radius 3 is 2.95 bits per heavy atom. The fraction of sp³-hybridized carbons (Fsp3) is 0.176. The predicted molar refractivity (Wildman–Crippen MR) is 83.9 cm³/mol. The van der Waals surface area contributed by atoms with Gasteiger partial charge in [-0.15, -0.1) is 0 Å². The van der Waals surface area contributed by atoms with Crippen molar-refractivity contribution in [2.24, 2.45) is 5.73 Å². The summed E-state index contributed by atoms with van der Waals surface area (Å²) in [5.74, 6) is 5.40. The average molecular weight is 279 g/mol. The molecule has 1 aromatic carbocycles. The third-order valence-electron chi connectivity index (χ3n) is 2.93. The first-order chi connectivity index (χ1) is 10.2. The molecule has 3 N–H and O–H groups in total. The van der Waals surface area contributed by atoms with Crippen LogP contribution in [0.5, 0.6) is 0 Å². The molecule has 0 unspecified atom stereocenters. The number of carbonyl (C=O) groups excluding carboxylic acids is 1. The SMILES string of the molecule is CCc1cccc(NC(=O)c2cncc(C#CCN)c2)c1. The number of nitrogens with zero attached hydrogens (tertiary/aromatic N) is 1. The van der Waals surface area contributed by atoms with E-state index in [0.29, 0.717) is 11.1 Å². The highest BCUT2D eigenvalue weighted by atomic mass is 16.1. The van der Waals surface area contributed by atoms with Gasteiger partial charge in [0.15, 0.2) is 0 Å². The maximum atomic E-state index is 12.2. The number of hydrogen-bond acceptors (Lipinski definition) is 3. The molecule has 2 aromatic rings. The second kappa shape index (κ2) is 7.22. The van der Waals surface area contributed by atoms with Gasteiger partial charge in [-0.2, -0.15) is 0 Å². The van der Waals surface area contributed by atoms with Gasteiger partial charge in [-0.1, -0.05) is 30.9 Å². The Bertz CT molecular complexity index is 698. The molecule has 0 spiro atoms. The summed E-state index contributed by atoms with van der Waals surface area (Å²) in [6.07, 6.45) is 4.05. The number of benzene rings is 1. The van der Waals surface area contributed by atoms with E-state index in [0.717, 1.165) is 12.1 Å². The zero-order valence-electron chi connectivity index (χ0n) is 11.9. The monoisotopic (exact) mass is 279 g/mol. The number of pyridine rings is 1. The minimum atomic E-state index is -0.202. The summed E-state index contributed by atoms with van der Waals surface area (Å²) >= 11 is 0. The van der Waals surface area contributed by atoms with Crippen molar-refractivity contribution in [1.29, 1.82) is 0 Å². The minimum Gasteiger partial charge on any atom is -0.322 e. The maximum Gasteiger partial charge on any atom is 0.257 e. The standard InChI is InChI=1S/C17H17N3O/c1-2-13-5-3-7-16(10-13)20-17(21)15-9-14(6-4-8-18)11-19-12-15/h3,5,7,9-12H,2,8,18H2,1H3,(H,20,21). The molecule has 1 heterocycles. The van der Waals surface area contributed by atoms with Crippen molar-refractivity contribution in [3.8, 4) is 11.8 Å². The number of amides is 1. The van der Waals surface area contributed by atoms with Gasteiger partial charge in [-0.05, 0) is 30.2 Å². The summed E-state index contributed by atoms with van der Waals surface area (Å²) in [4.78, 5) is 16.2. The molecule has 0 aliphatic carbocycles. The molecular formula is C17H17N3O. The smallest absolute Gasteiger partial charge is 0.257 e. The van der Waals surface area contributed by atoms with E-state index in [1.54, 1.807) is 12.3 Å². The van der Waals surface area contributed by atoms with Crippen molar-refractivity contribution in [3.05, 3.63) is 59.4 Å². The van der Waals surface area contributed by atoms with Crippen molar-refractivity contribution in [3.63, 3.8) is 0 Å². The number of nitrogens with one attached hydrogen (secondary N) is 1. The molecule has 0 saturated carbocycles. The van der Waals surface area contributed by atoms with Crippen molar-refractivity contribution >= 4 is 11.6 Å². The molecular weight excluding hydrogens is 262 g/mol. The van der Waals surface area contributed by atoms with Crippen LogP contribution in [0, 0.1) is 11.8 Å². The van der Waals surface area contributed by atoms with Crippen LogP contribution >= 0.6 is 0 Å². The fourth-order valence-corrected chi connectivity index (χ4v) is 1.86. The van der Waals surface area contributed by atoms with Crippen molar-refractivity contribution in [1.82, 2.24) is 4.98 Å². The van der Waals surface area contributed by atoms with Crippen molar-refractivity contribution in [2.75, 3.05) is 11.9 Å². The highest BCUT2D eigenvalue weighted by molar-refractivity contribution is 6.04. The molecule has 0 bridgehead atoms. The number of carbonyl (C=O) groups is 1. The molecule has 106 valence electrons. The van der Waals surface area contributed by atoms with Gasteiger partial charge in [0.1, 0.15) is 0 Å². The Morgan fingerprint density at radius 1 is 1.33 bits per heavy atom. The van der Waals surface area contributed by atoms with E-state index in [9.17, 15) is 4.79 Å². The van der Waals surface area contributed by atoms with E-state index in [-0.39, 0.29) is 12.5 Å². The molecule has 0 fully saturated rings. The first kappa shape index (κ1) is 14.8. The molecule has 1 aromatic heterocycles. The zero-order valence-corrected chi connectivity index (χ0v) is 11.9. The van der Waals surface area contributed by atoms with Gasteiger partial charge in [0.25, 0.3) is 5.91 Å². The van der Waals surface area contributed by atoms with E-state index < -0.39 is 0 Å². The van der Waals surface area contributed by atoms with Crippen LogP contribution in [0.2, 0.25) is 0 Å². The van der Waals surface area contributed by atoms with Gasteiger partial charge in [-0.25, -0.2) is 0 Å². The number of aromatic nitrogens is 1. The summed E-state index contributed by atoms with van der Waals surface area (Å²) in [6, 6.07) is 9.48. The molecule has 21 heavy (non-hydrogen) atoms. The van der Waals surface area contributed by atoms with Crippen LogP contribution in [0.25, 0.3) is 0 Å². The summed E-state index contributed by atoms with van der Waals surface area (Å²) < 4.78 is 0. The van der Waals surface area contributed by atoms with Crippen molar-refractivity contribution in [2.45, 2.75) is 13.3 Å². The number of nitrogens with two attached hydrogens (primary N) is 1. The Kier molecular flexibility index (Phi) is 5.08. The van der Waals surface area contributed by atoms with Gasteiger partial charge >= 0.3 is 0 Å². The van der Waals surface area contributed by atoms with Crippen LogP contribution in [0.4, 0.5) is 5.69 Å². The quantitative estimate of drug-likeness (QED) is 0.846. The molecule has 4 heteroatoms. The molecule has 0 radical (unpaired) electrons. The Hall–Kier alpha value is -2.64. The average Bonchev–Trinajstić information content (AvgIpc) is 2.53. The number of hydrogen-bond donors (Lipinski definition) is 2. The number of anilines is 1. The van der Waals surface area contributed by atoms with E-state index >= 15 is 0 Å². The molecule has 1 amide bonds. The predicted octanol–water partition coefficient (Wildman–Crippen LogP) is 2.21. The van der Waals surface area contributed by atoms with Gasteiger partial charge in [0.2, 0.25) is 0 Å². The molecule has 2 rings (SSSR count). The molecule has 4 nitrogen and oxygen atoms in total. The minimum absolute atomic E-state index is 0.202. The van der Waals surface area contributed by atoms with Crippen LogP contribution in [0.1, 0.15) is 28.4 Å². The van der Waals surface area contributed by atoms with E-state index in [1.165, 1.54) is 11.8 Å². The van der Waals surface area contributed by atoms with Gasteiger partial charge in [0.05, 0.1) is 12.1 Å². The van der Waals surface area contributed by atoms with E-state index in [1.807, 2.05) is 24.3 Å². The van der Waals surface area contributed by atoms with Gasteiger partial charge < -0.3 is 11.1 Å². The second-order valence-corrected chi connectivity index (χ2v) is 4.48. The van der Waals surface area contributed by atoms with Gasteiger partial charge in [0, 0.05) is 23.6 Å². The highest BCUT2D eigenvalue weighted by Crippen LogP contribution is 2.13. The third kappa shape index (κ3) is 4.16. The van der Waals surface area contributed by atoms with Crippen LogP contribution < -0.4 is 11.1 Å². The van der Waals surface area contributed by atoms with Crippen molar-refractivity contribution < 1.29 is 4.79 Å². The lowest BCUT2D eigenvalue weighted by Gasteiger charge is -2.06. The highest BCUT2D eigenvalue weighted by Gasteiger charge is 2.07. The lowest BCUT2D eigenvalue weighted by Crippen LogP contribution is -2.12. The Labute approximate surface area is 124 Å². The lowest BCUT2D eigenvalue weighted by molar-refractivity contribution is 0.102. The molecule has 0 saturated heterocycles. The fourth-order valence-electron chi connectivity index (χ4n) is 1.86. The van der Waals surface area contributed by atoms with Crippen LogP contribution in [0.15, 0.2) is 42.7 Å². The summed E-state index contributed by atoms with van der Waals surface area (Å²) in [5, 5.41) is 2.86. The topological polar surface area (TPSA) is 68.0 Å². The third-order valence-corrected chi connectivity index (χ3v) is 2.93. The summed E-state index contributed by atoms with van der Waals surface area (Å²) in [7, 11) is 0. The largest absolute Gasteiger partial charge is 0.322 e. The molecule has 0 aliphatic heterocycles. The normalized spacial score (nSPS) is 9.62. The van der Waals surface area contributed by atoms with Crippen LogP contribution in [0.3, 0.4) is 0 Å². The molecule has 0 atom stereocenters. The first-order valence-corrected chi connectivity index (χ1v) is 6.77. The van der Waals surface area contributed by atoms with Crippen LogP contribution in [-0.4, -0.2) is 17.4 Å². The lowest BCUT2D eigenvalue weighted by atomic mass is 10.1. The van der Waals surface area contributed by atoms with Gasteiger partial charge in [-0.3, -0.25) is 9.78 Å².